The molecule has 1 aliphatic rings. The highest BCUT2D eigenvalue weighted by Gasteiger charge is 2.44. The number of hydrogen-bond donors (Lipinski definition) is 1. The van der Waals surface area contributed by atoms with E-state index in [-0.39, 0.29) is 22.7 Å². The molecule has 8 heteroatoms. The number of benzene rings is 2. The molecular weight excluding hydrogens is 373 g/mol. The zero-order valence-corrected chi connectivity index (χ0v) is 15.1. The number of halogens is 3. The molecular formula is C20H17F3N2O3. The van der Waals surface area contributed by atoms with Gasteiger partial charge in [0.05, 0.1) is 21.9 Å². The fraction of sp³-hybridized carbons (Fsp3) is 0.200. The first-order chi connectivity index (χ1) is 13.2. The number of rotatable bonds is 4. The minimum Gasteiger partial charge on any atom is -0.459 e. The van der Waals surface area contributed by atoms with Gasteiger partial charge in [0.1, 0.15) is 17.4 Å². The molecule has 5 nitrogen and oxygen atoms in total. The largest absolute Gasteiger partial charge is 0.459 e. The molecule has 1 N–H and O–H groups in total. The average molecular weight is 390 g/mol. The van der Waals surface area contributed by atoms with Gasteiger partial charge in [0.2, 0.25) is 0 Å². The second-order valence-corrected chi connectivity index (χ2v) is 6.31. The van der Waals surface area contributed by atoms with Crippen LogP contribution in [0.2, 0.25) is 0 Å². The molecule has 0 bridgehead atoms. The van der Waals surface area contributed by atoms with Gasteiger partial charge in [0.15, 0.2) is 0 Å². The van der Waals surface area contributed by atoms with Crippen LogP contribution < -0.4 is 10.1 Å². The van der Waals surface area contributed by atoms with Crippen molar-refractivity contribution in [1.29, 1.82) is 0 Å². The van der Waals surface area contributed by atoms with E-state index < -0.39 is 22.6 Å². The van der Waals surface area contributed by atoms with E-state index in [9.17, 15) is 23.3 Å². The Labute approximate surface area is 159 Å². The lowest BCUT2D eigenvalue weighted by atomic mass is 9.86. The summed E-state index contributed by atoms with van der Waals surface area (Å²) in [5.74, 6) is -0.884. The lowest BCUT2D eigenvalue weighted by Crippen LogP contribution is -2.31. The summed E-state index contributed by atoms with van der Waals surface area (Å²) >= 11 is 0. The Kier molecular flexibility index (Phi) is 5.13. The number of alkyl halides is 3. The van der Waals surface area contributed by atoms with Crippen LogP contribution in [0.1, 0.15) is 30.9 Å². The molecule has 1 unspecified atom stereocenters. The molecule has 1 aliphatic heterocycles. The zero-order valence-electron chi connectivity index (χ0n) is 15.1. The smallest absolute Gasteiger partial charge is 0.416 e. The molecule has 0 spiro atoms. The third-order valence-electron chi connectivity index (χ3n) is 4.41. The van der Waals surface area contributed by atoms with Crippen molar-refractivity contribution in [3.8, 4) is 5.75 Å². The Bertz CT molecular complexity index is 966. The van der Waals surface area contributed by atoms with Crippen molar-refractivity contribution in [3.63, 3.8) is 0 Å². The molecule has 0 amide bonds. The topological polar surface area (TPSA) is 64.4 Å². The molecule has 0 radical (unpaired) electrons. The summed E-state index contributed by atoms with van der Waals surface area (Å²) in [7, 11) is 0. The molecule has 2 aromatic rings. The van der Waals surface area contributed by atoms with Crippen molar-refractivity contribution in [2.24, 2.45) is 0 Å². The van der Waals surface area contributed by atoms with Crippen LogP contribution in [0.5, 0.6) is 5.75 Å². The highest BCUT2D eigenvalue weighted by molar-refractivity contribution is 5.46. The van der Waals surface area contributed by atoms with Crippen LogP contribution in [0.4, 0.5) is 13.2 Å². The van der Waals surface area contributed by atoms with Crippen molar-refractivity contribution < 1.29 is 22.8 Å². The SMILES string of the molecule is CC1=C(Oc2ccccc2)C(c2ccccc2C(F)(F)F)C([N+](=O)[O-])=C(C)N1. The number of para-hydroxylation sites is 1. The van der Waals surface area contributed by atoms with Crippen molar-refractivity contribution in [3.05, 3.63) is 98.7 Å². The predicted molar refractivity (Wildman–Crippen MR) is 96.8 cm³/mol. The van der Waals surface area contributed by atoms with E-state index in [2.05, 4.69) is 5.32 Å². The minimum atomic E-state index is -4.66. The maximum Gasteiger partial charge on any atom is 0.416 e. The highest BCUT2D eigenvalue weighted by Crippen LogP contribution is 2.44. The van der Waals surface area contributed by atoms with Gasteiger partial charge in [-0.2, -0.15) is 13.2 Å². The molecule has 0 aromatic heterocycles. The van der Waals surface area contributed by atoms with E-state index in [1.807, 2.05) is 0 Å². The molecule has 2 aromatic carbocycles. The van der Waals surface area contributed by atoms with Gasteiger partial charge in [-0.25, -0.2) is 0 Å². The van der Waals surface area contributed by atoms with E-state index in [4.69, 9.17) is 4.74 Å². The summed E-state index contributed by atoms with van der Waals surface area (Å²) in [6.45, 7) is 3.08. The number of ether oxygens (including phenoxy) is 1. The summed E-state index contributed by atoms with van der Waals surface area (Å²) in [5, 5.41) is 14.6. The van der Waals surface area contributed by atoms with Crippen molar-refractivity contribution in [2.75, 3.05) is 0 Å². The third-order valence-corrected chi connectivity index (χ3v) is 4.41. The molecule has 0 fully saturated rings. The summed E-state index contributed by atoms with van der Waals surface area (Å²) in [6, 6.07) is 13.3. The number of allylic oxidation sites excluding steroid dienone is 2. The zero-order chi connectivity index (χ0) is 20.5. The molecule has 1 atom stereocenters. The van der Waals surface area contributed by atoms with Crippen LogP contribution in [0.15, 0.2) is 77.4 Å². The fourth-order valence-electron chi connectivity index (χ4n) is 3.25. The summed E-state index contributed by atoms with van der Waals surface area (Å²) in [5.41, 5.74) is -0.962. The molecule has 0 saturated carbocycles. The quantitative estimate of drug-likeness (QED) is 0.575. The summed E-state index contributed by atoms with van der Waals surface area (Å²) < 4.78 is 46.7. The second-order valence-electron chi connectivity index (χ2n) is 6.31. The van der Waals surface area contributed by atoms with Crippen molar-refractivity contribution in [2.45, 2.75) is 25.9 Å². The van der Waals surface area contributed by atoms with Crippen LogP contribution in [0.25, 0.3) is 0 Å². The first kappa shape index (κ1) is 19.5. The molecule has 3 rings (SSSR count). The van der Waals surface area contributed by atoms with Gasteiger partial charge in [-0.05, 0) is 37.6 Å². The third kappa shape index (κ3) is 3.71. The number of nitrogens with one attached hydrogen (secondary N) is 1. The predicted octanol–water partition coefficient (Wildman–Crippen LogP) is 5.21. The van der Waals surface area contributed by atoms with Crippen LogP contribution in [0.3, 0.4) is 0 Å². The molecule has 146 valence electrons. The monoisotopic (exact) mass is 390 g/mol. The van der Waals surface area contributed by atoms with Gasteiger partial charge in [-0.15, -0.1) is 0 Å². The Morgan fingerprint density at radius 2 is 1.61 bits per heavy atom. The van der Waals surface area contributed by atoms with Crippen molar-refractivity contribution in [1.82, 2.24) is 5.32 Å². The maximum absolute atomic E-state index is 13.6. The average Bonchev–Trinajstić information content (AvgIpc) is 2.63. The first-order valence-electron chi connectivity index (χ1n) is 8.42. The maximum atomic E-state index is 13.6. The van der Waals surface area contributed by atoms with Gasteiger partial charge in [0, 0.05) is 0 Å². The van der Waals surface area contributed by atoms with E-state index in [1.54, 1.807) is 37.3 Å². The lowest BCUT2D eigenvalue weighted by Gasteiger charge is -2.28. The Hall–Kier alpha value is -3.29. The first-order valence-corrected chi connectivity index (χ1v) is 8.42. The van der Waals surface area contributed by atoms with Gasteiger partial charge in [-0.3, -0.25) is 10.1 Å². The fourth-order valence-corrected chi connectivity index (χ4v) is 3.25. The lowest BCUT2D eigenvalue weighted by molar-refractivity contribution is -0.431. The second kappa shape index (κ2) is 7.38. The van der Waals surface area contributed by atoms with E-state index in [1.165, 1.54) is 25.1 Å². The van der Waals surface area contributed by atoms with E-state index in [0.29, 0.717) is 11.4 Å². The summed E-state index contributed by atoms with van der Waals surface area (Å²) in [4.78, 5) is 11.1. The van der Waals surface area contributed by atoms with Crippen LogP contribution in [-0.2, 0) is 6.18 Å². The van der Waals surface area contributed by atoms with Crippen molar-refractivity contribution >= 4 is 0 Å². The molecule has 28 heavy (non-hydrogen) atoms. The highest BCUT2D eigenvalue weighted by atomic mass is 19.4. The van der Waals surface area contributed by atoms with Crippen LogP contribution in [0, 0.1) is 10.1 Å². The van der Waals surface area contributed by atoms with Crippen LogP contribution in [-0.4, -0.2) is 4.92 Å². The minimum absolute atomic E-state index is 0.0557. The standard InChI is InChI=1S/C20H17F3N2O3/c1-12-18(25(26)27)17(15-10-6-7-11-16(15)20(21,22)23)19(13(2)24-12)28-14-8-4-3-5-9-14/h3-11,17,24H,1-2H3. The van der Waals surface area contributed by atoms with Crippen LogP contribution >= 0.6 is 0 Å². The molecule has 1 heterocycles. The van der Waals surface area contributed by atoms with Gasteiger partial charge in [0.25, 0.3) is 5.70 Å². The number of nitro groups is 1. The number of dihydropyridines is 1. The van der Waals surface area contributed by atoms with E-state index in [0.717, 1.165) is 6.07 Å². The molecule has 0 saturated heterocycles. The Morgan fingerprint density at radius 1 is 1.00 bits per heavy atom. The Balaban J connectivity index is 2.22. The van der Waals surface area contributed by atoms with Gasteiger partial charge in [-0.1, -0.05) is 36.4 Å². The number of hydrogen-bond acceptors (Lipinski definition) is 4. The summed E-state index contributed by atoms with van der Waals surface area (Å²) in [6.07, 6.45) is -4.66. The number of nitrogens with zero attached hydrogens (tertiary/aromatic N) is 1. The van der Waals surface area contributed by atoms with Gasteiger partial charge < -0.3 is 10.1 Å². The normalized spacial score (nSPS) is 17.4. The van der Waals surface area contributed by atoms with E-state index >= 15 is 0 Å². The van der Waals surface area contributed by atoms with Gasteiger partial charge >= 0.3 is 6.18 Å². The molecule has 0 aliphatic carbocycles. The Morgan fingerprint density at radius 3 is 2.21 bits per heavy atom.